The second-order valence-corrected chi connectivity index (χ2v) is 5.55. The summed E-state index contributed by atoms with van der Waals surface area (Å²) in [5.74, 6) is -0.510. The first-order chi connectivity index (χ1) is 9.24. The van der Waals surface area contributed by atoms with Crippen molar-refractivity contribution in [2.75, 3.05) is 18.0 Å². The molecule has 0 amide bonds. The van der Waals surface area contributed by atoms with Gasteiger partial charge in [-0.05, 0) is 6.42 Å². The van der Waals surface area contributed by atoms with Gasteiger partial charge in [-0.3, -0.25) is 0 Å². The van der Waals surface area contributed by atoms with Crippen LogP contribution in [-0.4, -0.2) is 24.5 Å². The maximum Gasteiger partial charge on any atom is 0.243 e. The number of anilines is 1. The number of halogens is 2. The highest BCUT2D eigenvalue weighted by atomic mass is 32.1. The van der Waals surface area contributed by atoms with Crippen molar-refractivity contribution in [3.8, 4) is 11.3 Å². The van der Waals surface area contributed by atoms with Gasteiger partial charge in [-0.25, -0.2) is 13.8 Å². The molecular formula is C14H14F2N2S. The van der Waals surface area contributed by atoms with E-state index in [1.165, 1.54) is 11.3 Å². The number of hydrogen-bond donors (Lipinski definition) is 0. The maximum absolute atomic E-state index is 12.7. The van der Waals surface area contributed by atoms with Crippen LogP contribution in [-0.2, 0) is 0 Å². The van der Waals surface area contributed by atoms with Crippen LogP contribution in [0.15, 0.2) is 35.7 Å². The Hall–Kier alpha value is -1.49. The molecule has 1 aromatic heterocycles. The molecule has 5 heteroatoms. The van der Waals surface area contributed by atoms with Crippen molar-refractivity contribution in [2.24, 2.45) is 5.92 Å². The zero-order valence-corrected chi connectivity index (χ0v) is 11.1. The predicted molar refractivity (Wildman–Crippen MR) is 73.9 cm³/mol. The number of rotatable bonds is 3. The third-order valence-corrected chi connectivity index (χ3v) is 4.31. The zero-order chi connectivity index (χ0) is 13.2. The van der Waals surface area contributed by atoms with Gasteiger partial charge in [0.05, 0.1) is 5.69 Å². The fraction of sp³-hybridized carbons (Fsp3) is 0.357. The fourth-order valence-electron chi connectivity index (χ4n) is 2.32. The van der Waals surface area contributed by atoms with Crippen molar-refractivity contribution in [1.82, 2.24) is 4.98 Å². The summed E-state index contributed by atoms with van der Waals surface area (Å²) >= 11 is 1.53. The summed E-state index contributed by atoms with van der Waals surface area (Å²) < 4.78 is 25.3. The molecular weight excluding hydrogens is 266 g/mol. The number of hydrogen-bond acceptors (Lipinski definition) is 3. The highest BCUT2D eigenvalue weighted by Gasteiger charge is 2.30. The molecule has 0 N–H and O–H groups in total. The van der Waals surface area contributed by atoms with Crippen LogP contribution in [0, 0.1) is 5.92 Å². The first kappa shape index (κ1) is 12.5. The van der Waals surface area contributed by atoms with E-state index in [-0.39, 0.29) is 0 Å². The van der Waals surface area contributed by atoms with Crippen molar-refractivity contribution in [3.63, 3.8) is 0 Å². The minimum atomic E-state index is -2.22. The van der Waals surface area contributed by atoms with Gasteiger partial charge >= 0.3 is 0 Å². The Balaban J connectivity index is 1.76. The van der Waals surface area contributed by atoms with Crippen LogP contribution < -0.4 is 4.90 Å². The molecule has 3 rings (SSSR count). The Morgan fingerprint density at radius 1 is 1.26 bits per heavy atom. The second kappa shape index (κ2) is 5.25. The van der Waals surface area contributed by atoms with E-state index < -0.39 is 12.3 Å². The number of aromatic nitrogens is 1. The van der Waals surface area contributed by atoms with E-state index in [0.29, 0.717) is 19.5 Å². The summed E-state index contributed by atoms with van der Waals surface area (Å²) in [5.41, 5.74) is 1.98. The van der Waals surface area contributed by atoms with Gasteiger partial charge < -0.3 is 4.90 Å². The van der Waals surface area contributed by atoms with Crippen LogP contribution in [0.4, 0.5) is 13.9 Å². The van der Waals surface area contributed by atoms with Gasteiger partial charge in [0.1, 0.15) is 0 Å². The maximum atomic E-state index is 12.7. The van der Waals surface area contributed by atoms with E-state index in [1.54, 1.807) is 0 Å². The van der Waals surface area contributed by atoms with Gasteiger partial charge in [0.25, 0.3) is 0 Å². The standard InChI is InChI=1S/C14H14F2N2S/c15-13(16)11-6-7-18(8-11)14-17-12(9-19-14)10-4-2-1-3-5-10/h1-5,9,11,13H,6-8H2. The Morgan fingerprint density at radius 3 is 2.74 bits per heavy atom. The minimum absolute atomic E-state index is 0.416. The smallest absolute Gasteiger partial charge is 0.243 e. The number of alkyl halides is 2. The monoisotopic (exact) mass is 280 g/mol. The Labute approximate surface area is 114 Å². The minimum Gasteiger partial charge on any atom is -0.348 e. The molecule has 2 heterocycles. The molecule has 1 aliphatic rings. The molecule has 1 unspecified atom stereocenters. The SMILES string of the molecule is FC(F)C1CCN(c2nc(-c3ccccc3)cs2)C1. The molecule has 1 aliphatic heterocycles. The normalized spacial score (nSPS) is 19.3. The molecule has 0 saturated carbocycles. The van der Waals surface area contributed by atoms with E-state index in [1.807, 2.05) is 40.6 Å². The first-order valence-electron chi connectivity index (χ1n) is 6.28. The van der Waals surface area contributed by atoms with Crippen molar-refractivity contribution < 1.29 is 8.78 Å². The lowest BCUT2D eigenvalue weighted by Gasteiger charge is -2.14. The summed E-state index contributed by atoms with van der Waals surface area (Å²) in [6, 6.07) is 9.91. The third-order valence-electron chi connectivity index (χ3n) is 3.41. The fourth-order valence-corrected chi connectivity index (χ4v) is 3.19. The molecule has 2 nitrogen and oxygen atoms in total. The molecule has 1 saturated heterocycles. The molecule has 19 heavy (non-hydrogen) atoms. The Bertz CT molecular complexity index is 541. The van der Waals surface area contributed by atoms with E-state index in [4.69, 9.17) is 0 Å². The van der Waals surface area contributed by atoms with E-state index >= 15 is 0 Å². The molecule has 1 aromatic carbocycles. The molecule has 0 aliphatic carbocycles. The van der Waals surface area contributed by atoms with Crippen LogP contribution in [0.5, 0.6) is 0 Å². The van der Waals surface area contributed by atoms with Crippen molar-refractivity contribution in [3.05, 3.63) is 35.7 Å². The van der Waals surface area contributed by atoms with E-state index in [2.05, 4.69) is 4.98 Å². The average Bonchev–Trinajstić information content (AvgIpc) is 3.09. The molecule has 0 radical (unpaired) electrons. The zero-order valence-electron chi connectivity index (χ0n) is 10.3. The third kappa shape index (κ3) is 2.61. The Kier molecular flexibility index (Phi) is 3.46. The highest BCUT2D eigenvalue weighted by Crippen LogP contribution is 2.32. The van der Waals surface area contributed by atoms with Crippen molar-refractivity contribution in [1.29, 1.82) is 0 Å². The van der Waals surface area contributed by atoms with Crippen LogP contribution in [0.1, 0.15) is 6.42 Å². The molecule has 2 aromatic rings. The summed E-state index contributed by atoms with van der Waals surface area (Å²) in [7, 11) is 0. The summed E-state index contributed by atoms with van der Waals surface area (Å²) in [6.07, 6.45) is -1.67. The largest absolute Gasteiger partial charge is 0.348 e. The molecule has 1 fully saturated rings. The predicted octanol–water partition coefficient (Wildman–Crippen LogP) is 3.90. The van der Waals surface area contributed by atoms with Gasteiger partial charge in [0.15, 0.2) is 5.13 Å². The lowest BCUT2D eigenvalue weighted by molar-refractivity contribution is 0.0880. The average molecular weight is 280 g/mol. The van der Waals surface area contributed by atoms with E-state index in [0.717, 1.165) is 16.4 Å². The van der Waals surface area contributed by atoms with Crippen LogP contribution in [0.2, 0.25) is 0 Å². The first-order valence-corrected chi connectivity index (χ1v) is 7.16. The summed E-state index contributed by atoms with van der Waals surface area (Å²) in [6.45, 7) is 1.09. The number of nitrogens with zero attached hydrogens (tertiary/aromatic N) is 2. The molecule has 0 bridgehead atoms. The topological polar surface area (TPSA) is 16.1 Å². The highest BCUT2D eigenvalue weighted by molar-refractivity contribution is 7.14. The van der Waals surface area contributed by atoms with Gasteiger partial charge in [-0.1, -0.05) is 30.3 Å². The molecule has 0 spiro atoms. The van der Waals surface area contributed by atoms with Crippen molar-refractivity contribution >= 4 is 16.5 Å². The Morgan fingerprint density at radius 2 is 2.05 bits per heavy atom. The quantitative estimate of drug-likeness (QED) is 0.847. The second-order valence-electron chi connectivity index (χ2n) is 4.71. The summed E-state index contributed by atoms with van der Waals surface area (Å²) in [4.78, 5) is 6.52. The summed E-state index contributed by atoms with van der Waals surface area (Å²) in [5, 5.41) is 2.84. The number of benzene rings is 1. The van der Waals surface area contributed by atoms with Gasteiger partial charge in [-0.2, -0.15) is 0 Å². The van der Waals surface area contributed by atoms with Crippen LogP contribution in [0.3, 0.4) is 0 Å². The lowest BCUT2D eigenvalue weighted by Crippen LogP contribution is -2.21. The van der Waals surface area contributed by atoms with Crippen LogP contribution >= 0.6 is 11.3 Å². The number of thiazole rings is 1. The van der Waals surface area contributed by atoms with E-state index in [9.17, 15) is 8.78 Å². The van der Waals surface area contributed by atoms with Crippen molar-refractivity contribution in [2.45, 2.75) is 12.8 Å². The molecule has 1 atom stereocenters. The van der Waals surface area contributed by atoms with Crippen LogP contribution in [0.25, 0.3) is 11.3 Å². The molecule has 100 valence electrons. The lowest BCUT2D eigenvalue weighted by atomic mass is 10.1. The van der Waals surface area contributed by atoms with Gasteiger partial charge in [-0.15, -0.1) is 11.3 Å². The van der Waals surface area contributed by atoms with Gasteiger partial charge in [0.2, 0.25) is 6.43 Å². The van der Waals surface area contributed by atoms with Gasteiger partial charge in [0, 0.05) is 30.0 Å².